The molecule has 0 atom stereocenters. The first-order chi connectivity index (χ1) is 6.54. The summed E-state index contributed by atoms with van der Waals surface area (Å²) in [6.45, 7) is 1.71. The number of halogens is 3. The maximum atomic E-state index is 13.0. The lowest BCUT2D eigenvalue weighted by molar-refractivity contribution is -0.115. The zero-order valence-corrected chi connectivity index (χ0v) is 10.4. The van der Waals surface area contributed by atoms with Crippen molar-refractivity contribution in [1.29, 1.82) is 0 Å². The molecule has 1 amide bonds. The SMILES string of the molecule is CCC(=O)Nc1cc(F)c(Br)nc1Br. The van der Waals surface area contributed by atoms with Gasteiger partial charge in [0.25, 0.3) is 0 Å². The van der Waals surface area contributed by atoms with Gasteiger partial charge in [-0.25, -0.2) is 9.37 Å². The summed E-state index contributed by atoms with van der Waals surface area (Å²) in [4.78, 5) is 14.8. The van der Waals surface area contributed by atoms with E-state index in [2.05, 4.69) is 42.2 Å². The number of amides is 1. The zero-order chi connectivity index (χ0) is 10.7. The molecular weight excluding hydrogens is 319 g/mol. The molecule has 0 spiro atoms. The number of carbonyl (C=O) groups is 1. The lowest BCUT2D eigenvalue weighted by Gasteiger charge is -2.06. The number of nitrogens with one attached hydrogen (secondary N) is 1. The Kier molecular flexibility index (Phi) is 4.00. The molecule has 0 fully saturated rings. The number of aromatic nitrogens is 1. The molecule has 0 saturated carbocycles. The van der Waals surface area contributed by atoms with E-state index in [-0.39, 0.29) is 10.5 Å². The van der Waals surface area contributed by atoms with Crippen LogP contribution in [0.2, 0.25) is 0 Å². The van der Waals surface area contributed by atoms with Crippen molar-refractivity contribution >= 4 is 43.5 Å². The van der Waals surface area contributed by atoms with Gasteiger partial charge in [-0.1, -0.05) is 6.92 Å². The highest BCUT2D eigenvalue weighted by molar-refractivity contribution is 9.11. The van der Waals surface area contributed by atoms with Crippen molar-refractivity contribution < 1.29 is 9.18 Å². The number of hydrogen-bond donors (Lipinski definition) is 1. The summed E-state index contributed by atoms with van der Waals surface area (Å²) < 4.78 is 13.5. The van der Waals surface area contributed by atoms with E-state index < -0.39 is 5.82 Å². The zero-order valence-electron chi connectivity index (χ0n) is 7.27. The molecule has 1 heterocycles. The molecule has 6 heteroatoms. The molecule has 3 nitrogen and oxygen atoms in total. The predicted octanol–water partition coefficient (Wildman–Crippen LogP) is 3.09. The first kappa shape index (κ1) is 11.6. The minimum atomic E-state index is -0.514. The van der Waals surface area contributed by atoms with Crippen LogP contribution in [0.25, 0.3) is 0 Å². The van der Waals surface area contributed by atoms with Crippen LogP contribution in [0, 0.1) is 5.82 Å². The number of carbonyl (C=O) groups excluding carboxylic acids is 1. The van der Waals surface area contributed by atoms with Crippen molar-refractivity contribution in [2.24, 2.45) is 0 Å². The third kappa shape index (κ3) is 2.75. The molecule has 1 aromatic rings. The number of pyridine rings is 1. The average molecular weight is 326 g/mol. The minimum Gasteiger partial charge on any atom is -0.324 e. The summed E-state index contributed by atoms with van der Waals surface area (Å²) in [6, 6.07) is 1.20. The Labute approximate surface area is 97.4 Å². The monoisotopic (exact) mass is 324 g/mol. The van der Waals surface area contributed by atoms with Gasteiger partial charge in [0, 0.05) is 12.5 Å². The lowest BCUT2D eigenvalue weighted by Crippen LogP contribution is -2.10. The van der Waals surface area contributed by atoms with Crippen LogP contribution in [0.3, 0.4) is 0 Å². The van der Waals surface area contributed by atoms with Gasteiger partial charge in [0.05, 0.1) is 5.69 Å². The van der Waals surface area contributed by atoms with E-state index >= 15 is 0 Å². The van der Waals surface area contributed by atoms with Crippen LogP contribution in [0.4, 0.5) is 10.1 Å². The van der Waals surface area contributed by atoms with Gasteiger partial charge in [-0.2, -0.15) is 0 Å². The summed E-state index contributed by atoms with van der Waals surface area (Å²) in [5.41, 5.74) is 0.331. The third-order valence-corrected chi connectivity index (χ3v) is 2.64. The molecule has 0 aromatic carbocycles. The summed E-state index contributed by atoms with van der Waals surface area (Å²) in [6.07, 6.45) is 0.337. The summed E-state index contributed by atoms with van der Waals surface area (Å²) in [5.74, 6) is -0.700. The van der Waals surface area contributed by atoms with E-state index in [0.717, 1.165) is 0 Å². The highest BCUT2D eigenvalue weighted by Gasteiger charge is 2.09. The van der Waals surface area contributed by atoms with Gasteiger partial charge in [0.15, 0.2) is 5.82 Å². The second-order valence-electron chi connectivity index (χ2n) is 2.50. The summed E-state index contributed by atoms with van der Waals surface area (Å²) in [5, 5.41) is 2.52. The highest BCUT2D eigenvalue weighted by Crippen LogP contribution is 2.25. The van der Waals surface area contributed by atoms with Crippen LogP contribution in [0.1, 0.15) is 13.3 Å². The Morgan fingerprint density at radius 3 is 2.79 bits per heavy atom. The van der Waals surface area contributed by atoms with Crippen LogP contribution in [-0.2, 0) is 4.79 Å². The molecule has 0 bridgehead atoms. The molecule has 0 aliphatic heterocycles. The normalized spacial score (nSPS) is 10.0. The molecule has 0 saturated heterocycles. The van der Waals surface area contributed by atoms with Crippen molar-refractivity contribution in [1.82, 2.24) is 4.98 Å². The second-order valence-corrected chi connectivity index (χ2v) is 4.00. The van der Waals surface area contributed by atoms with E-state index in [1.54, 1.807) is 6.92 Å². The standard InChI is InChI=1S/C8H7Br2FN2O/c1-2-6(14)12-5-3-4(11)7(9)13-8(5)10/h3H,2H2,1H3,(H,12,14). The fraction of sp³-hybridized carbons (Fsp3) is 0.250. The van der Waals surface area contributed by atoms with Crippen LogP contribution < -0.4 is 5.32 Å². The van der Waals surface area contributed by atoms with Crippen LogP contribution in [0.15, 0.2) is 15.3 Å². The Hall–Kier alpha value is -0.490. The van der Waals surface area contributed by atoms with Gasteiger partial charge < -0.3 is 5.32 Å². The van der Waals surface area contributed by atoms with Gasteiger partial charge in [0.1, 0.15) is 9.21 Å². The molecule has 0 unspecified atom stereocenters. The quantitative estimate of drug-likeness (QED) is 0.849. The summed E-state index contributed by atoms with van der Waals surface area (Å²) in [7, 11) is 0. The van der Waals surface area contributed by atoms with E-state index in [9.17, 15) is 9.18 Å². The molecule has 0 radical (unpaired) electrons. The Morgan fingerprint density at radius 2 is 2.21 bits per heavy atom. The average Bonchev–Trinajstić information content (AvgIpc) is 2.14. The highest BCUT2D eigenvalue weighted by atomic mass is 79.9. The van der Waals surface area contributed by atoms with Crippen molar-refractivity contribution in [2.75, 3.05) is 5.32 Å². The smallest absolute Gasteiger partial charge is 0.224 e. The van der Waals surface area contributed by atoms with Gasteiger partial charge in [-0.05, 0) is 31.9 Å². The van der Waals surface area contributed by atoms with E-state index in [4.69, 9.17) is 0 Å². The number of rotatable bonds is 2. The minimum absolute atomic E-state index is 0.110. The molecule has 14 heavy (non-hydrogen) atoms. The number of anilines is 1. The fourth-order valence-electron chi connectivity index (χ4n) is 0.772. The fourth-order valence-corrected chi connectivity index (χ4v) is 1.69. The van der Waals surface area contributed by atoms with Crippen molar-refractivity contribution in [3.05, 3.63) is 21.1 Å². The van der Waals surface area contributed by atoms with Crippen LogP contribution in [0.5, 0.6) is 0 Å². The Balaban J connectivity index is 2.98. The first-order valence-electron chi connectivity index (χ1n) is 3.86. The summed E-state index contributed by atoms with van der Waals surface area (Å²) >= 11 is 6.05. The van der Waals surface area contributed by atoms with Crippen LogP contribution >= 0.6 is 31.9 Å². The second kappa shape index (κ2) is 4.84. The third-order valence-electron chi connectivity index (χ3n) is 1.48. The van der Waals surface area contributed by atoms with E-state index in [1.807, 2.05) is 0 Å². The van der Waals surface area contributed by atoms with Crippen molar-refractivity contribution in [3.63, 3.8) is 0 Å². The van der Waals surface area contributed by atoms with E-state index in [0.29, 0.717) is 16.7 Å². The van der Waals surface area contributed by atoms with Crippen molar-refractivity contribution in [2.45, 2.75) is 13.3 Å². The molecule has 1 aromatic heterocycles. The molecule has 76 valence electrons. The lowest BCUT2D eigenvalue weighted by atomic mass is 10.4. The largest absolute Gasteiger partial charge is 0.324 e. The molecule has 0 aliphatic rings. The predicted molar refractivity (Wildman–Crippen MR) is 58.5 cm³/mol. The van der Waals surface area contributed by atoms with Gasteiger partial charge in [-0.3, -0.25) is 4.79 Å². The van der Waals surface area contributed by atoms with Crippen LogP contribution in [-0.4, -0.2) is 10.9 Å². The van der Waals surface area contributed by atoms with E-state index in [1.165, 1.54) is 6.07 Å². The molecule has 1 rings (SSSR count). The Morgan fingerprint density at radius 1 is 1.57 bits per heavy atom. The number of nitrogens with zero attached hydrogens (tertiary/aromatic N) is 1. The maximum Gasteiger partial charge on any atom is 0.224 e. The topological polar surface area (TPSA) is 42.0 Å². The Bertz CT molecular complexity index is 371. The molecule has 1 N–H and O–H groups in total. The van der Waals surface area contributed by atoms with Gasteiger partial charge in [0.2, 0.25) is 5.91 Å². The van der Waals surface area contributed by atoms with Gasteiger partial charge >= 0.3 is 0 Å². The molecular formula is C8H7Br2FN2O. The van der Waals surface area contributed by atoms with Gasteiger partial charge in [-0.15, -0.1) is 0 Å². The number of hydrogen-bond acceptors (Lipinski definition) is 2. The molecule has 0 aliphatic carbocycles. The van der Waals surface area contributed by atoms with Crippen molar-refractivity contribution in [3.8, 4) is 0 Å². The first-order valence-corrected chi connectivity index (χ1v) is 5.44. The maximum absolute atomic E-state index is 13.0.